The summed E-state index contributed by atoms with van der Waals surface area (Å²) in [4.78, 5) is 12.1. The molecule has 0 aliphatic heterocycles. The number of nitrogens with zero attached hydrogens (tertiary/aromatic N) is 3. The number of fused-ring (bicyclic) bond motifs is 1. The second-order valence-electron chi connectivity index (χ2n) is 5.53. The predicted octanol–water partition coefficient (Wildman–Crippen LogP) is 4.40. The first-order chi connectivity index (χ1) is 11.3. The van der Waals surface area contributed by atoms with Crippen molar-refractivity contribution in [1.29, 1.82) is 0 Å². The molecule has 0 spiro atoms. The Morgan fingerprint density at radius 1 is 1.08 bits per heavy atom. The van der Waals surface area contributed by atoms with Gasteiger partial charge in [-0.15, -0.1) is 0 Å². The molecule has 0 atom stereocenters. The SMILES string of the molecule is CN(C)c1ccc(C=Nc2ccc3nc(C(F)(F)F)[nH]c3c2)cc1. The van der Waals surface area contributed by atoms with Gasteiger partial charge in [-0.05, 0) is 35.9 Å². The molecule has 7 heteroatoms. The number of halogens is 3. The second kappa shape index (κ2) is 5.99. The fraction of sp³-hybridized carbons (Fsp3) is 0.176. The van der Waals surface area contributed by atoms with E-state index in [4.69, 9.17) is 0 Å². The van der Waals surface area contributed by atoms with E-state index in [1.807, 2.05) is 43.3 Å². The van der Waals surface area contributed by atoms with Crippen LogP contribution >= 0.6 is 0 Å². The largest absolute Gasteiger partial charge is 0.449 e. The van der Waals surface area contributed by atoms with Crippen molar-refractivity contribution >= 4 is 28.6 Å². The van der Waals surface area contributed by atoms with Gasteiger partial charge >= 0.3 is 6.18 Å². The van der Waals surface area contributed by atoms with Gasteiger partial charge in [0, 0.05) is 26.0 Å². The Balaban J connectivity index is 1.84. The van der Waals surface area contributed by atoms with Gasteiger partial charge in [0.25, 0.3) is 0 Å². The summed E-state index contributed by atoms with van der Waals surface area (Å²) in [6.07, 6.45) is -2.82. The standard InChI is InChI=1S/C17H15F3N4/c1-24(2)13-6-3-11(4-7-13)10-21-12-5-8-14-15(9-12)23-16(22-14)17(18,19)20/h3-10H,1-2H3,(H,22,23). The molecule has 3 aromatic rings. The minimum atomic E-state index is -4.49. The molecule has 3 rings (SSSR count). The molecule has 0 amide bonds. The van der Waals surface area contributed by atoms with Gasteiger partial charge in [0.1, 0.15) is 0 Å². The molecule has 0 radical (unpaired) electrons. The quantitative estimate of drug-likeness (QED) is 0.723. The average molecular weight is 332 g/mol. The number of H-pyrrole nitrogens is 1. The third-order valence-electron chi connectivity index (χ3n) is 3.51. The molecule has 1 aromatic heterocycles. The number of hydrogen-bond donors (Lipinski definition) is 1. The van der Waals surface area contributed by atoms with Crippen LogP contribution in [0.2, 0.25) is 0 Å². The Bertz CT molecular complexity index is 877. The Kier molecular flexibility index (Phi) is 4.01. The first-order valence-electron chi connectivity index (χ1n) is 7.21. The van der Waals surface area contributed by atoms with Crippen LogP contribution in [0.4, 0.5) is 24.5 Å². The summed E-state index contributed by atoms with van der Waals surface area (Å²) in [5.74, 6) is -1.00. The van der Waals surface area contributed by atoms with Gasteiger partial charge < -0.3 is 9.88 Å². The molecule has 124 valence electrons. The molecular weight excluding hydrogens is 317 g/mol. The van der Waals surface area contributed by atoms with E-state index in [1.54, 1.807) is 18.3 Å². The van der Waals surface area contributed by atoms with Crippen molar-refractivity contribution in [2.24, 2.45) is 4.99 Å². The van der Waals surface area contributed by atoms with Gasteiger partial charge in [0.05, 0.1) is 16.7 Å². The summed E-state index contributed by atoms with van der Waals surface area (Å²) >= 11 is 0. The summed E-state index contributed by atoms with van der Waals surface area (Å²) in [5.41, 5.74) is 3.10. The van der Waals surface area contributed by atoms with Crippen LogP contribution in [0, 0.1) is 0 Å². The highest BCUT2D eigenvalue weighted by molar-refractivity contribution is 5.85. The summed E-state index contributed by atoms with van der Waals surface area (Å²) in [6, 6.07) is 12.5. The summed E-state index contributed by atoms with van der Waals surface area (Å²) in [6.45, 7) is 0. The molecule has 1 N–H and O–H groups in total. The molecule has 0 aliphatic rings. The number of hydrogen-bond acceptors (Lipinski definition) is 3. The van der Waals surface area contributed by atoms with Crippen molar-refractivity contribution in [2.75, 3.05) is 19.0 Å². The van der Waals surface area contributed by atoms with Crippen LogP contribution in [0.15, 0.2) is 47.5 Å². The Labute approximate surface area is 136 Å². The number of aliphatic imine (C=N–C) groups is 1. The number of rotatable bonds is 3. The molecule has 2 aromatic carbocycles. The summed E-state index contributed by atoms with van der Waals surface area (Å²) < 4.78 is 38.0. The highest BCUT2D eigenvalue weighted by Crippen LogP contribution is 2.29. The van der Waals surface area contributed by atoms with Gasteiger partial charge in [-0.1, -0.05) is 12.1 Å². The number of anilines is 1. The van der Waals surface area contributed by atoms with E-state index in [-0.39, 0.29) is 5.52 Å². The van der Waals surface area contributed by atoms with Crippen molar-refractivity contribution in [3.05, 3.63) is 53.9 Å². The number of aromatic amines is 1. The van der Waals surface area contributed by atoms with Crippen molar-refractivity contribution in [1.82, 2.24) is 9.97 Å². The van der Waals surface area contributed by atoms with E-state index in [1.165, 1.54) is 6.07 Å². The molecule has 0 fully saturated rings. The lowest BCUT2D eigenvalue weighted by Gasteiger charge is -2.11. The zero-order valence-corrected chi connectivity index (χ0v) is 13.1. The van der Waals surface area contributed by atoms with Crippen LogP contribution in [0.5, 0.6) is 0 Å². The van der Waals surface area contributed by atoms with Crippen LogP contribution in [-0.2, 0) is 6.18 Å². The third kappa shape index (κ3) is 3.40. The molecule has 0 aliphatic carbocycles. The zero-order chi connectivity index (χ0) is 17.3. The van der Waals surface area contributed by atoms with Gasteiger partial charge in [-0.3, -0.25) is 4.99 Å². The van der Waals surface area contributed by atoms with Crippen molar-refractivity contribution < 1.29 is 13.2 Å². The number of benzene rings is 2. The van der Waals surface area contributed by atoms with E-state index >= 15 is 0 Å². The van der Waals surface area contributed by atoms with Gasteiger partial charge in [-0.25, -0.2) is 4.98 Å². The van der Waals surface area contributed by atoms with E-state index in [0.29, 0.717) is 11.2 Å². The fourth-order valence-electron chi connectivity index (χ4n) is 2.22. The lowest BCUT2D eigenvalue weighted by atomic mass is 10.2. The Morgan fingerprint density at radius 3 is 2.42 bits per heavy atom. The van der Waals surface area contributed by atoms with Crippen LogP contribution in [0.3, 0.4) is 0 Å². The molecule has 0 saturated carbocycles. The maximum atomic E-state index is 12.7. The molecular formula is C17H15F3N4. The maximum absolute atomic E-state index is 12.7. The van der Waals surface area contributed by atoms with Crippen LogP contribution < -0.4 is 4.90 Å². The second-order valence-corrected chi connectivity index (χ2v) is 5.53. The van der Waals surface area contributed by atoms with Crippen LogP contribution in [-0.4, -0.2) is 30.3 Å². The molecule has 4 nitrogen and oxygen atoms in total. The molecule has 0 unspecified atom stereocenters. The average Bonchev–Trinajstić information content (AvgIpc) is 2.97. The monoisotopic (exact) mass is 332 g/mol. The number of aromatic nitrogens is 2. The summed E-state index contributed by atoms with van der Waals surface area (Å²) in [7, 11) is 3.91. The number of imidazole rings is 1. The highest BCUT2D eigenvalue weighted by Gasteiger charge is 2.34. The van der Waals surface area contributed by atoms with E-state index in [2.05, 4.69) is 15.0 Å². The van der Waals surface area contributed by atoms with Gasteiger partial charge in [0.2, 0.25) is 5.82 Å². The first kappa shape index (κ1) is 16.0. The van der Waals surface area contributed by atoms with Crippen LogP contribution in [0.25, 0.3) is 11.0 Å². The minimum absolute atomic E-state index is 0.261. The third-order valence-corrected chi connectivity index (χ3v) is 3.51. The maximum Gasteiger partial charge on any atom is 0.449 e. The fourth-order valence-corrected chi connectivity index (χ4v) is 2.22. The van der Waals surface area contributed by atoms with Crippen LogP contribution in [0.1, 0.15) is 11.4 Å². The molecule has 0 saturated heterocycles. The van der Waals surface area contributed by atoms with Crippen molar-refractivity contribution in [3.8, 4) is 0 Å². The Morgan fingerprint density at radius 2 is 1.79 bits per heavy atom. The van der Waals surface area contributed by atoms with Crippen molar-refractivity contribution in [2.45, 2.75) is 6.18 Å². The lowest BCUT2D eigenvalue weighted by molar-refractivity contribution is -0.144. The van der Waals surface area contributed by atoms with E-state index in [0.717, 1.165) is 11.3 Å². The number of nitrogens with one attached hydrogen (secondary N) is 1. The topological polar surface area (TPSA) is 44.3 Å². The number of alkyl halides is 3. The first-order valence-corrected chi connectivity index (χ1v) is 7.21. The Hall–Kier alpha value is -2.83. The van der Waals surface area contributed by atoms with E-state index in [9.17, 15) is 13.2 Å². The minimum Gasteiger partial charge on any atom is -0.378 e. The van der Waals surface area contributed by atoms with Crippen molar-refractivity contribution in [3.63, 3.8) is 0 Å². The lowest BCUT2D eigenvalue weighted by Crippen LogP contribution is -2.08. The highest BCUT2D eigenvalue weighted by atomic mass is 19.4. The molecule has 1 heterocycles. The van der Waals surface area contributed by atoms with E-state index < -0.39 is 12.0 Å². The van der Waals surface area contributed by atoms with Gasteiger partial charge in [0.15, 0.2) is 0 Å². The zero-order valence-electron chi connectivity index (χ0n) is 13.1. The molecule has 24 heavy (non-hydrogen) atoms. The normalized spacial score (nSPS) is 12.2. The smallest absolute Gasteiger partial charge is 0.378 e. The van der Waals surface area contributed by atoms with Gasteiger partial charge in [-0.2, -0.15) is 13.2 Å². The molecule has 0 bridgehead atoms. The summed E-state index contributed by atoms with van der Waals surface area (Å²) in [5, 5.41) is 0. The predicted molar refractivity (Wildman–Crippen MR) is 89.1 cm³/mol.